The van der Waals surface area contributed by atoms with Crippen molar-refractivity contribution in [1.82, 2.24) is 9.62 Å². The molecule has 3 rings (SSSR count). The second kappa shape index (κ2) is 8.20. The third-order valence-electron chi connectivity index (χ3n) is 6.63. The Morgan fingerprint density at radius 1 is 1.29 bits per heavy atom. The van der Waals surface area contributed by atoms with Gasteiger partial charge in [0.1, 0.15) is 6.54 Å². The van der Waals surface area contributed by atoms with E-state index in [2.05, 4.69) is 12.2 Å². The van der Waals surface area contributed by atoms with Crippen LogP contribution in [0, 0.1) is 5.92 Å². The Morgan fingerprint density at radius 3 is 2.58 bits per heavy atom. The first kappa shape index (κ1) is 23.7. The fraction of sp³-hybridized carbons (Fsp3) is 0.652. The molecule has 7 nitrogen and oxygen atoms in total. The number of carbonyl (C=O) groups excluding carboxylic acids is 2. The molecule has 172 valence electrons. The first-order valence-electron chi connectivity index (χ1n) is 11.1. The molecular formula is C23H35N3O4S. The van der Waals surface area contributed by atoms with Crippen molar-refractivity contribution in [3.63, 3.8) is 0 Å². The van der Waals surface area contributed by atoms with Crippen molar-refractivity contribution < 1.29 is 18.0 Å². The van der Waals surface area contributed by atoms with E-state index in [1.807, 2.05) is 20.8 Å². The molecule has 0 aromatic heterocycles. The van der Waals surface area contributed by atoms with Gasteiger partial charge in [-0.3, -0.25) is 9.59 Å². The highest BCUT2D eigenvalue weighted by atomic mass is 32.2. The number of hydrogen-bond acceptors (Lipinski definition) is 4. The fourth-order valence-electron chi connectivity index (χ4n) is 4.29. The van der Waals surface area contributed by atoms with Crippen LogP contribution in [0.15, 0.2) is 23.1 Å². The van der Waals surface area contributed by atoms with Gasteiger partial charge in [-0.1, -0.05) is 13.8 Å². The van der Waals surface area contributed by atoms with Gasteiger partial charge < -0.3 is 10.2 Å². The minimum absolute atomic E-state index is 0.0889. The number of fused-ring (bicyclic) bond motifs is 1. The quantitative estimate of drug-likeness (QED) is 0.723. The lowest BCUT2D eigenvalue weighted by Gasteiger charge is -2.30. The number of hydrogen-bond donors (Lipinski definition) is 1. The average molecular weight is 450 g/mol. The Kier molecular flexibility index (Phi) is 6.28. The van der Waals surface area contributed by atoms with E-state index in [0.717, 1.165) is 19.3 Å². The molecule has 0 bridgehead atoms. The zero-order valence-corrected chi connectivity index (χ0v) is 20.3. The Hall–Kier alpha value is -1.93. The maximum atomic E-state index is 13.2. The highest BCUT2D eigenvalue weighted by Gasteiger charge is 2.45. The number of nitrogens with zero attached hydrogens (tertiary/aromatic N) is 2. The Bertz CT molecular complexity index is 985. The SMILES string of the molecule is CCC(C)(C)NC(=O)CN1C(=O)C(C)(C)c2cc(S(=O)(=O)N3CCCC(C)C3)ccc21. The van der Waals surface area contributed by atoms with E-state index in [-0.39, 0.29) is 28.8 Å². The first-order chi connectivity index (χ1) is 14.3. The molecular weight excluding hydrogens is 414 g/mol. The number of amides is 2. The molecule has 1 saturated heterocycles. The van der Waals surface area contributed by atoms with Crippen molar-refractivity contribution in [3.8, 4) is 0 Å². The van der Waals surface area contributed by atoms with Gasteiger partial charge in [0.25, 0.3) is 0 Å². The summed E-state index contributed by atoms with van der Waals surface area (Å²) in [5.41, 5.74) is -0.0187. The summed E-state index contributed by atoms with van der Waals surface area (Å²) in [7, 11) is -3.63. The summed E-state index contributed by atoms with van der Waals surface area (Å²) in [5, 5.41) is 2.96. The first-order valence-corrected chi connectivity index (χ1v) is 12.5. The second-order valence-electron chi connectivity index (χ2n) is 10.1. The maximum Gasteiger partial charge on any atom is 0.243 e. The van der Waals surface area contributed by atoms with Crippen molar-refractivity contribution in [3.05, 3.63) is 23.8 Å². The van der Waals surface area contributed by atoms with Crippen LogP contribution in [0.1, 0.15) is 66.4 Å². The largest absolute Gasteiger partial charge is 0.350 e. The number of carbonyl (C=O) groups is 2. The van der Waals surface area contributed by atoms with Crippen LogP contribution in [0.25, 0.3) is 0 Å². The van der Waals surface area contributed by atoms with Crippen LogP contribution in [0.5, 0.6) is 0 Å². The zero-order valence-electron chi connectivity index (χ0n) is 19.5. The third kappa shape index (κ3) is 4.51. The summed E-state index contributed by atoms with van der Waals surface area (Å²) >= 11 is 0. The molecule has 0 radical (unpaired) electrons. The van der Waals surface area contributed by atoms with Crippen LogP contribution in [0.3, 0.4) is 0 Å². The molecule has 1 atom stereocenters. The van der Waals surface area contributed by atoms with Gasteiger partial charge in [0.05, 0.1) is 10.3 Å². The van der Waals surface area contributed by atoms with Crippen LogP contribution in [0.4, 0.5) is 5.69 Å². The highest BCUT2D eigenvalue weighted by molar-refractivity contribution is 7.89. The molecule has 1 unspecified atom stereocenters. The molecule has 2 aliphatic heterocycles. The summed E-state index contributed by atoms with van der Waals surface area (Å²) in [6.45, 7) is 12.4. The normalized spacial score (nSPS) is 21.8. The summed E-state index contributed by atoms with van der Waals surface area (Å²) in [6.07, 6.45) is 2.65. The van der Waals surface area contributed by atoms with Gasteiger partial charge in [0.15, 0.2) is 0 Å². The molecule has 1 N–H and O–H groups in total. The van der Waals surface area contributed by atoms with Crippen LogP contribution < -0.4 is 10.2 Å². The van der Waals surface area contributed by atoms with Gasteiger partial charge >= 0.3 is 0 Å². The molecule has 31 heavy (non-hydrogen) atoms. The predicted octanol–water partition coefficient (Wildman–Crippen LogP) is 3.04. The lowest BCUT2D eigenvalue weighted by atomic mass is 9.86. The van der Waals surface area contributed by atoms with Crippen molar-refractivity contribution in [2.24, 2.45) is 5.92 Å². The number of nitrogens with one attached hydrogen (secondary N) is 1. The number of sulfonamides is 1. The van der Waals surface area contributed by atoms with Gasteiger partial charge in [-0.05, 0) is 76.6 Å². The number of piperidine rings is 1. The topological polar surface area (TPSA) is 86.8 Å². The van der Waals surface area contributed by atoms with E-state index in [9.17, 15) is 18.0 Å². The third-order valence-corrected chi connectivity index (χ3v) is 8.49. The van der Waals surface area contributed by atoms with E-state index in [4.69, 9.17) is 0 Å². The minimum atomic E-state index is -3.63. The number of rotatable bonds is 6. The van der Waals surface area contributed by atoms with Gasteiger partial charge in [-0.2, -0.15) is 4.31 Å². The summed E-state index contributed by atoms with van der Waals surface area (Å²) in [6, 6.07) is 4.85. The van der Waals surface area contributed by atoms with Crippen molar-refractivity contribution in [2.75, 3.05) is 24.5 Å². The monoisotopic (exact) mass is 449 g/mol. The molecule has 0 aliphatic carbocycles. The lowest BCUT2D eigenvalue weighted by Crippen LogP contribution is -2.49. The molecule has 2 amide bonds. The summed E-state index contributed by atoms with van der Waals surface area (Å²) < 4.78 is 28.0. The van der Waals surface area contributed by atoms with Gasteiger partial charge in [0.2, 0.25) is 21.8 Å². The maximum absolute atomic E-state index is 13.2. The van der Waals surface area contributed by atoms with E-state index < -0.39 is 15.4 Å². The van der Waals surface area contributed by atoms with Crippen molar-refractivity contribution >= 4 is 27.5 Å². The van der Waals surface area contributed by atoms with Crippen LogP contribution >= 0.6 is 0 Å². The zero-order chi connectivity index (χ0) is 23.2. The summed E-state index contributed by atoms with van der Waals surface area (Å²) in [5.74, 6) is -0.103. The Labute approximate surface area is 186 Å². The molecule has 1 aromatic rings. The van der Waals surface area contributed by atoms with Gasteiger partial charge in [-0.15, -0.1) is 0 Å². The van der Waals surface area contributed by atoms with Crippen molar-refractivity contribution in [2.45, 2.75) is 76.7 Å². The standard InChI is InChI=1S/C23H35N3O4S/c1-7-22(3,4)24-20(27)15-26-19-11-10-17(13-18(19)23(5,6)21(26)28)31(29,30)25-12-8-9-16(2)14-25/h10-11,13,16H,7-9,12,14-15H2,1-6H3,(H,24,27). The predicted molar refractivity (Wildman–Crippen MR) is 121 cm³/mol. The van der Waals surface area contributed by atoms with E-state index in [1.54, 1.807) is 36.4 Å². The minimum Gasteiger partial charge on any atom is -0.350 e. The van der Waals surface area contributed by atoms with Crippen molar-refractivity contribution in [1.29, 1.82) is 0 Å². The molecule has 0 saturated carbocycles. The van der Waals surface area contributed by atoms with Crippen LogP contribution in [-0.4, -0.2) is 49.7 Å². The molecule has 1 aromatic carbocycles. The Balaban J connectivity index is 1.91. The number of benzene rings is 1. The lowest BCUT2D eigenvalue weighted by molar-refractivity contribution is -0.126. The molecule has 2 heterocycles. The summed E-state index contributed by atoms with van der Waals surface area (Å²) in [4.78, 5) is 27.4. The van der Waals surface area contributed by atoms with E-state index in [0.29, 0.717) is 30.3 Å². The molecule has 1 fully saturated rings. The number of anilines is 1. The molecule has 2 aliphatic rings. The fourth-order valence-corrected chi connectivity index (χ4v) is 5.92. The van der Waals surface area contributed by atoms with Gasteiger partial charge in [-0.25, -0.2) is 8.42 Å². The van der Waals surface area contributed by atoms with Crippen LogP contribution in [0.2, 0.25) is 0 Å². The van der Waals surface area contributed by atoms with E-state index >= 15 is 0 Å². The average Bonchev–Trinajstić information content (AvgIpc) is 2.88. The second-order valence-corrected chi connectivity index (χ2v) is 12.0. The van der Waals surface area contributed by atoms with Gasteiger partial charge in [0, 0.05) is 24.3 Å². The Morgan fingerprint density at radius 2 is 1.97 bits per heavy atom. The van der Waals surface area contributed by atoms with Crippen LogP contribution in [-0.2, 0) is 25.0 Å². The molecule has 8 heteroatoms. The highest BCUT2D eigenvalue weighted by Crippen LogP contribution is 2.43. The van der Waals surface area contributed by atoms with E-state index in [1.165, 1.54) is 4.90 Å². The molecule has 0 spiro atoms. The smallest absolute Gasteiger partial charge is 0.243 e.